The van der Waals surface area contributed by atoms with Crippen molar-refractivity contribution >= 4 is 5.69 Å². The highest BCUT2D eigenvalue weighted by Crippen LogP contribution is 2.29. The lowest BCUT2D eigenvalue weighted by Gasteiger charge is -2.31. The van der Waals surface area contributed by atoms with Crippen LogP contribution in [-0.2, 0) is 13.0 Å². The van der Waals surface area contributed by atoms with Gasteiger partial charge in [-0.2, -0.15) is 0 Å². The minimum Gasteiger partial charge on any atom is -0.372 e. The zero-order valence-electron chi connectivity index (χ0n) is 8.79. The largest absolute Gasteiger partial charge is 0.372 e. The second-order valence-electron chi connectivity index (χ2n) is 3.80. The number of rotatable bonds is 2. The lowest BCUT2D eigenvalue weighted by atomic mass is 9.96. The summed E-state index contributed by atoms with van der Waals surface area (Å²) >= 11 is 0. The quantitative estimate of drug-likeness (QED) is 0.772. The average Bonchev–Trinajstić information content (AvgIpc) is 2.27. The molecule has 2 nitrogen and oxygen atoms in total. The van der Waals surface area contributed by atoms with Crippen LogP contribution in [0.2, 0.25) is 0 Å². The lowest BCUT2D eigenvalue weighted by Crippen LogP contribution is -2.29. The highest BCUT2D eigenvalue weighted by atomic mass is 15.1. The molecule has 0 bridgehead atoms. The van der Waals surface area contributed by atoms with Crippen LogP contribution in [-0.4, -0.2) is 13.1 Å². The molecule has 14 heavy (non-hydrogen) atoms. The highest BCUT2D eigenvalue weighted by molar-refractivity contribution is 5.58. The molecule has 76 valence electrons. The molecule has 2 N–H and O–H groups in total. The van der Waals surface area contributed by atoms with Crippen LogP contribution in [0.15, 0.2) is 18.2 Å². The molecule has 0 unspecified atom stereocenters. The molecular weight excluding hydrogens is 172 g/mol. The second-order valence-corrected chi connectivity index (χ2v) is 3.80. The average molecular weight is 190 g/mol. The lowest BCUT2D eigenvalue weighted by molar-refractivity contribution is 0.701. The Balaban J connectivity index is 2.43. The maximum atomic E-state index is 5.74. The predicted molar refractivity (Wildman–Crippen MR) is 60.5 cm³/mol. The number of anilines is 1. The molecule has 1 heterocycles. The summed E-state index contributed by atoms with van der Waals surface area (Å²) in [6.45, 7) is 5.17. The van der Waals surface area contributed by atoms with Crippen LogP contribution in [0, 0.1) is 0 Å². The van der Waals surface area contributed by atoms with E-state index in [0.29, 0.717) is 6.54 Å². The van der Waals surface area contributed by atoms with E-state index < -0.39 is 0 Å². The van der Waals surface area contributed by atoms with Gasteiger partial charge in [0.05, 0.1) is 0 Å². The van der Waals surface area contributed by atoms with Crippen LogP contribution in [0.25, 0.3) is 0 Å². The first-order chi connectivity index (χ1) is 6.86. The van der Waals surface area contributed by atoms with Crippen molar-refractivity contribution in [3.63, 3.8) is 0 Å². The van der Waals surface area contributed by atoms with Crippen molar-refractivity contribution < 1.29 is 0 Å². The summed E-state index contributed by atoms with van der Waals surface area (Å²) in [4.78, 5) is 2.44. The molecule has 0 aliphatic carbocycles. The van der Waals surface area contributed by atoms with Crippen LogP contribution in [0.3, 0.4) is 0 Å². The van der Waals surface area contributed by atoms with E-state index in [4.69, 9.17) is 5.73 Å². The molecule has 0 spiro atoms. The molecule has 0 amide bonds. The van der Waals surface area contributed by atoms with Crippen molar-refractivity contribution in [2.24, 2.45) is 5.73 Å². The minimum atomic E-state index is 0.667. The van der Waals surface area contributed by atoms with Gasteiger partial charge in [-0.3, -0.25) is 0 Å². The number of benzene rings is 1. The van der Waals surface area contributed by atoms with Gasteiger partial charge in [0, 0.05) is 25.3 Å². The number of hydrogen-bond acceptors (Lipinski definition) is 2. The standard InChI is InChI=1S/C12H18N2/c1-2-14-8-4-6-11-10(9-13)5-3-7-12(11)14/h3,5,7H,2,4,6,8-9,13H2,1H3. The van der Waals surface area contributed by atoms with E-state index >= 15 is 0 Å². The smallest absolute Gasteiger partial charge is 0.0401 e. The third-order valence-electron chi connectivity index (χ3n) is 3.05. The maximum absolute atomic E-state index is 5.74. The van der Waals surface area contributed by atoms with Gasteiger partial charge in [-0.25, -0.2) is 0 Å². The van der Waals surface area contributed by atoms with Gasteiger partial charge >= 0.3 is 0 Å². The van der Waals surface area contributed by atoms with Crippen LogP contribution in [0.5, 0.6) is 0 Å². The van der Waals surface area contributed by atoms with Crippen LogP contribution < -0.4 is 10.6 Å². The topological polar surface area (TPSA) is 29.3 Å². The fourth-order valence-electron chi connectivity index (χ4n) is 2.29. The molecule has 2 heteroatoms. The van der Waals surface area contributed by atoms with Crippen molar-refractivity contribution in [1.82, 2.24) is 0 Å². The Kier molecular flexibility index (Phi) is 2.73. The van der Waals surface area contributed by atoms with Crippen molar-refractivity contribution in [2.75, 3.05) is 18.0 Å². The Bertz CT molecular complexity index is 320. The Morgan fingerprint density at radius 1 is 1.43 bits per heavy atom. The maximum Gasteiger partial charge on any atom is 0.0401 e. The van der Waals surface area contributed by atoms with E-state index in [1.807, 2.05) is 0 Å². The fourth-order valence-corrected chi connectivity index (χ4v) is 2.29. The van der Waals surface area contributed by atoms with Gasteiger partial charge in [0.2, 0.25) is 0 Å². The molecule has 0 fully saturated rings. The molecule has 0 radical (unpaired) electrons. The van der Waals surface area contributed by atoms with Gasteiger partial charge < -0.3 is 10.6 Å². The third kappa shape index (κ3) is 1.50. The van der Waals surface area contributed by atoms with Gasteiger partial charge in [0.25, 0.3) is 0 Å². The van der Waals surface area contributed by atoms with Crippen molar-refractivity contribution in [1.29, 1.82) is 0 Å². The van der Waals surface area contributed by atoms with Gasteiger partial charge in [0.15, 0.2) is 0 Å². The Labute approximate surface area is 85.7 Å². The molecule has 1 aliphatic rings. The molecular formula is C12H18N2. The van der Waals surface area contributed by atoms with Gasteiger partial charge in [-0.15, -0.1) is 0 Å². The van der Waals surface area contributed by atoms with E-state index in [1.54, 1.807) is 0 Å². The molecule has 0 aromatic heterocycles. The molecule has 0 saturated heterocycles. The number of nitrogens with zero attached hydrogens (tertiary/aromatic N) is 1. The van der Waals surface area contributed by atoms with E-state index in [-0.39, 0.29) is 0 Å². The zero-order valence-corrected chi connectivity index (χ0v) is 8.79. The second kappa shape index (κ2) is 4.01. The number of fused-ring (bicyclic) bond motifs is 1. The highest BCUT2D eigenvalue weighted by Gasteiger charge is 2.16. The first kappa shape index (κ1) is 9.53. The third-order valence-corrected chi connectivity index (χ3v) is 3.05. The van der Waals surface area contributed by atoms with Crippen LogP contribution >= 0.6 is 0 Å². The SMILES string of the molecule is CCN1CCCc2c(CN)cccc21. The molecule has 1 aromatic rings. The molecule has 2 rings (SSSR count). The van der Waals surface area contributed by atoms with Gasteiger partial charge in [0.1, 0.15) is 0 Å². The summed E-state index contributed by atoms with van der Waals surface area (Å²) in [6, 6.07) is 6.49. The fraction of sp³-hybridized carbons (Fsp3) is 0.500. The van der Waals surface area contributed by atoms with E-state index in [9.17, 15) is 0 Å². The van der Waals surface area contributed by atoms with E-state index in [1.165, 1.54) is 36.2 Å². The number of hydrogen-bond donors (Lipinski definition) is 1. The normalized spacial score (nSPS) is 15.4. The van der Waals surface area contributed by atoms with Crippen LogP contribution in [0.1, 0.15) is 24.5 Å². The van der Waals surface area contributed by atoms with Crippen LogP contribution in [0.4, 0.5) is 5.69 Å². The summed E-state index contributed by atoms with van der Waals surface area (Å²) < 4.78 is 0. The van der Waals surface area contributed by atoms with E-state index in [2.05, 4.69) is 30.0 Å². The molecule has 1 aromatic carbocycles. The molecule has 0 saturated carbocycles. The Morgan fingerprint density at radius 3 is 3.00 bits per heavy atom. The Morgan fingerprint density at radius 2 is 2.29 bits per heavy atom. The predicted octanol–water partition coefficient (Wildman–Crippen LogP) is 1.92. The van der Waals surface area contributed by atoms with E-state index in [0.717, 1.165) is 6.54 Å². The van der Waals surface area contributed by atoms with Crippen molar-refractivity contribution in [3.05, 3.63) is 29.3 Å². The minimum absolute atomic E-state index is 0.667. The first-order valence-electron chi connectivity index (χ1n) is 5.42. The summed E-state index contributed by atoms with van der Waals surface area (Å²) in [5, 5.41) is 0. The van der Waals surface area contributed by atoms with Gasteiger partial charge in [-0.05, 0) is 37.0 Å². The monoisotopic (exact) mass is 190 g/mol. The summed E-state index contributed by atoms with van der Waals surface area (Å²) in [6.07, 6.45) is 2.46. The molecule has 1 aliphatic heterocycles. The molecule has 0 atom stereocenters. The Hall–Kier alpha value is -1.02. The van der Waals surface area contributed by atoms with Crippen molar-refractivity contribution in [3.8, 4) is 0 Å². The summed E-state index contributed by atoms with van der Waals surface area (Å²) in [5.41, 5.74) is 9.94. The zero-order chi connectivity index (χ0) is 9.97. The van der Waals surface area contributed by atoms with Crippen molar-refractivity contribution in [2.45, 2.75) is 26.3 Å². The first-order valence-corrected chi connectivity index (χ1v) is 5.42. The summed E-state index contributed by atoms with van der Waals surface area (Å²) in [7, 11) is 0. The summed E-state index contributed by atoms with van der Waals surface area (Å²) in [5.74, 6) is 0. The number of nitrogens with two attached hydrogens (primary N) is 1. The van der Waals surface area contributed by atoms with Gasteiger partial charge in [-0.1, -0.05) is 12.1 Å².